The quantitative estimate of drug-likeness (QED) is 0.898. The third kappa shape index (κ3) is 2.32. The summed E-state index contributed by atoms with van der Waals surface area (Å²) in [6.07, 6.45) is 1.90. The van der Waals surface area contributed by atoms with Gasteiger partial charge >= 0.3 is 0 Å². The molecule has 0 spiro atoms. The lowest BCUT2D eigenvalue weighted by Gasteiger charge is -2.32. The van der Waals surface area contributed by atoms with Gasteiger partial charge in [-0.05, 0) is 30.7 Å². The fourth-order valence-electron chi connectivity index (χ4n) is 2.75. The van der Waals surface area contributed by atoms with Crippen molar-refractivity contribution in [2.75, 3.05) is 38.1 Å². The van der Waals surface area contributed by atoms with Crippen LogP contribution in [0.5, 0.6) is 0 Å². The van der Waals surface area contributed by atoms with Gasteiger partial charge in [0, 0.05) is 37.8 Å². The summed E-state index contributed by atoms with van der Waals surface area (Å²) in [5.74, 6) is 1.74. The molecule has 0 atom stereocenters. The average molecular weight is 258 g/mol. The highest BCUT2D eigenvalue weighted by Gasteiger charge is 2.17. The highest BCUT2D eigenvalue weighted by Crippen LogP contribution is 2.28. The van der Waals surface area contributed by atoms with Gasteiger partial charge < -0.3 is 14.8 Å². The molecule has 1 fully saturated rings. The molecule has 1 saturated heterocycles. The molecule has 19 heavy (non-hydrogen) atoms. The van der Waals surface area contributed by atoms with Crippen molar-refractivity contribution in [3.05, 3.63) is 23.9 Å². The first-order valence-corrected chi connectivity index (χ1v) is 7.06. The third-order valence-corrected chi connectivity index (χ3v) is 4.02. The predicted molar refractivity (Wildman–Crippen MR) is 79.9 cm³/mol. The number of nitrogens with one attached hydrogen (secondary N) is 1. The lowest BCUT2D eigenvalue weighted by Crippen LogP contribution is -2.44. The second-order valence-electron chi connectivity index (χ2n) is 5.76. The van der Waals surface area contributed by atoms with Gasteiger partial charge in [-0.1, -0.05) is 13.8 Å². The summed E-state index contributed by atoms with van der Waals surface area (Å²) in [7, 11) is 2.18. The van der Waals surface area contributed by atoms with E-state index in [0.29, 0.717) is 5.92 Å². The minimum atomic E-state index is 0.529. The number of likely N-dealkylation sites (N-methyl/N-ethyl adjacent to an activating group) is 1. The van der Waals surface area contributed by atoms with Crippen LogP contribution in [0, 0.1) is 0 Å². The van der Waals surface area contributed by atoms with Gasteiger partial charge in [0.1, 0.15) is 11.5 Å². The number of aromatic nitrogens is 2. The second kappa shape index (κ2) is 4.85. The number of rotatable bonds is 2. The van der Waals surface area contributed by atoms with E-state index in [4.69, 9.17) is 0 Å². The number of hydrogen-bond acceptors (Lipinski definition) is 3. The molecule has 0 bridgehead atoms. The lowest BCUT2D eigenvalue weighted by molar-refractivity contribution is 0.312. The van der Waals surface area contributed by atoms with E-state index in [1.165, 1.54) is 16.8 Å². The minimum absolute atomic E-state index is 0.529. The number of H-pyrrole nitrogens is 1. The van der Waals surface area contributed by atoms with E-state index < -0.39 is 0 Å². The van der Waals surface area contributed by atoms with E-state index in [9.17, 15) is 0 Å². The summed E-state index contributed by atoms with van der Waals surface area (Å²) in [6, 6.07) is 4.40. The molecule has 1 aliphatic heterocycles. The molecule has 3 rings (SSSR count). The van der Waals surface area contributed by atoms with Gasteiger partial charge in [-0.15, -0.1) is 0 Å². The first-order valence-electron chi connectivity index (χ1n) is 7.06. The van der Waals surface area contributed by atoms with Gasteiger partial charge in [-0.3, -0.25) is 0 Å². The Kier molecular flexibility index (Phi) is 3.19. The number of aromatic amines is 1. The van der Waals surface area contributed by atoms with E-state index in [1.807, 2.05) is 6.20 Å². The van der Waals surface area contributed by atoms with E-state index in [2.05, 4.69) is 52.8 Å². The third-order valence-electron chi connectivity index (χ3n) is 4.02. The van der Waals surface area contributed by atoms with Crippen molar-refractivity contribution >= 4 is 16.9 Å². The van der Waals surface area contributed by atoms with Crippen molar-refractivity contribution in [3.8, 4) is 0 Å². The minimum Gasteiger partial charge on any atom is -0.356 e. The molecule has 2 aromatic rings. The number of nitrogens with zero attached hydrogens (tertiary/aromatic N) is 3. The first-order chi connectivity index (χ1) is 9.15. The molecule has 4 nitrogen and oxygen atoms in total. The van der Waals surface area contributed by atoms with Crippen LogP contribution in [0.15, 0.2) is 18.3 Å². The molecule has 1 N–H and O–H groups in total. The maximum absolute atomic E-state index is 4.46. The van der Waals surface area contributed by atoms with Crippen molar-refractivity contribution in [1.82, 2.24) is 14.9 Å². The van der Waals surface area contributed by atoms with E-state index in [1.54, 1.807) is 0 Å². The van der Waals surface area contributed by atoms with Gasteiger partial charge in [0.05, 0.1) is 0 Å². The number of pyridine rings is 1. The van der Waals surface area contributed by atoms with Crippen molar-refractivity contribution in [3.63, 3.8) is 0 Å². The Hall–Kier alpha value is -1.55. The molecule has 3 heterocycles. The summed E-state index contributed by atoms with van der Waals surface area (Å²) >= 11 is 0. The van der Waals surface area contributed by atoms with Crippen molar-refractivity contribution in [1.29, 1.82) is 0 Å². The summed E-state index contributed by atoms with van der Waals surface area (Å²) in [4.78, 5) is 12.7. The zero-order chi connectivity index (χ0) is 13.4. The van der Waals surface area contributed by atoms with Crippen molar-refractivity contribution in [2.45, 2.75) is 19.8 Å². The smallest absolute Gasteiger partial charge is 0.139 e. The van der Waals surface area contributed by atoms with Crippen LogP contribution in [0.1, 0.15) is 25.3 Å². The second-order valence-corrected chi connectivity index (χ2v) is 5.76. The Morgan fingerprint density at radius 3 is 2.63 bits per heavy atom. The number of fused-ring (bicyclic) bond motifs is 1. The molecule has 0 saturated carbocycles. The van der Waals surface area contributed by atoms with E-state index in [0.717, 1.165) is 31.8 Å². The fraction of sp³-hybridized carbons (Fsp3) is 0.533. The zero-order valence-corrected chi connectivity index (χ0v) is 12.0. The molecule has 1 aliphatic rings. The van der Waals surface area contributed by atoms with Gasteiger partial charge in [0.25, 0.3) is 0 Å². The standard InChI is InChI=1S/C15H22N4/c1-11(2)12-4-5-16-15-13(12)10-14(17-15)19-8-6-18(3)7-9-19/h4-5,10-11H,6-9H2,1-3H3,(H,16,17). The van der Waals surface area contributed by atoms with Gasteiger partial charge in [-0.2, -0.15) is 0 Å². The topological polar surface area (TPSA) is 35.2 Å². The Bertz CT molecular complexity index is 565. The summed E-state index contributed by atoms with van der Waals surface area (Å²) in [5.41, 5.74) is 2.39. The summed E-state index contributed by atoms with van der Waals surface area (Å²) < 4.78 is 0. The zero-order valence-electron chi connectivity index (χ0n) is 12.0. The fourth-order valence-corrected chi connectivity index (χ4v) is 2.75. The van der Waals surface area contributed by atoms with Crippen LogP contribution >= 0.6 is 0 Å². The predicted octanol–water partition coefficient (Wildman–Crippen LogP) is 2.44. The first kappa shape index (κ1) is 12.5. The lowest BCUT2D eigenvalue weighted by atomic mass is 10.0. The van der Waals surface area contributed by atoms with Crippen LogP contribution in [-0.4, -0.2) is 48.1 Å². The van der Waals surface area contributed by atoms with E-state index >= 15 is 0 Å². The van der Waals surface area contributed by atoms with Crippen LogP contribution in [0.2, 0.25) is 0 Å². The van der Waals surface area contributed by atoms with Gasteiger partial charge in [0.2, 0.25) is 0 Å². The maximum Gasteiger partial charge on any atom is 0.139 e. The summed E-state index contributed by atoms with van der Waals surface area (Å²) in [5, 5.41) is 1.27. The Morgan fingerprint density at radius 1 is 1.21 bits per heavy atom. The average Bonchev–Trinajstić information content (AvgIpc) is 2.82. The van der Waals surface area contributed by atoms with Gasteiger partial charge in [-0.25, -0.2) is 4.98 Å². The van der Waals surface area contributed by atoms with E-state index in [-0.39, 0.29) is 0 Å². The molecule has 0 amide bonds. The van der Waals surface area contributed by atoms with Crippen LogP contribution in [0.3, 0.4) is 0 Å². The molecule has 2 aromatic heterocycles. The number of anilines is 1. The summed E-state index contributed by atoms with van der Waals surface area (Å²) in [6.45, 7) is 8.88. The molecular formula is C15H22N4. The number of piperazine rings is 1. The van der Waals surface area contributed by atoms with Crippen molar-refractivity contribution in [2.24, 2.45) is 0 Å². The molecule has 0 aromatic carbocycles. The highest BCUT2D eigenvalue weighted by molar-refractivity contribution is 5.84. The van der Waals surface area contributed by atoms with Gasteiger partial charge in [0.15, 0.2) is 0 Å². The monoisotopic (exact) mass is 258 g/mol. The molecule has 0 radical (unpaired) electrons. The van der Waals surface area contributed by atoms with Crippen molar-refractivity contribution < 1.29 is 0 Å². The molecule has 102 valence electrons. The molecule has 4 heteroatoms. The molecule has 0 aliphatic carbocycles. The molecular weight excluding hydrogens is 236 g/mol. The number of hydrogen-bond donors (Lipinski definition) is 1. The Morgan fingerprint density at radius 2 is 1.95 bits per heavy atom. The normalized spacial score (nSPS) is 17.6. The van der Waals surface area contributed by atoms with Crippen LogP contribution in [0.4, 0.5) is 5.82 Å². The Labute approximate surface area is 114 Å². The SMILES string of the molecule is CC(C)c1ccnc2[nH]c(N3CCN(C)CC3)cc12. The van der Waals surface area contributed by atoms with Crippen LogP contribution < -0.4 is 4.90 Å². The highest BCUT2D eigenvalue weighted by atomic mass is 15.3. The van der Waals surface area contributed by atoms with Crippen LogP contribution in [0.25, 0.3) is 11.0 Å². The maximum atomic E-state index is 4.46. The van der Waals surface area contributed by atoms with Crippen LogP contribution in [-0.2, 0) is 0 Å². The Balaban J connectivity index is 1.95. The largest absolute Gasteiger partial charge is 0.356 e. The molecule has 0 unspecified atom stereocenters.